The molecule has 2 aromatic rings. The summed E-state index contributed by atoms with van der Waals surface area (Å²) in [4.78, 5) is 11.8. The highest BCUT2D eigenvalue weighted by Crippen LogP contribution is 2.26. The summed E-state index contributed by atoms with van der Waals surface area (Å²) < 4.78 is 0. The van der Waals surface area contributed by atoms with E-state index in [0.29, 0.717) is 16.5 Å². The second kappa shape index (κ2) is 7.38. The maximum atomic E-state index is 11.8. The second-order valence-corrected chi connectivity index (χ2v) is 6.11. The number of phenols is 1. The standard InChI is InChI=1S/C16H16ClNO2S/c1-11-3-2-4-12(7-11)9-21-10-16(20)18-14-8-13(17)5-6-15(14)19/h2-8,19H,9-10H2,1H3,(H,18,20). The number of nitrogens with one attached hydrogen (secondary N) is 1. The topological polar surface area (TPSA) is 49.3 Å². The Kier molecular flexibility index (Phi) is 5.53. The lowest BCUT2D eigenvalue weighted by atomic mass is 10.2. The van der Waals surface area contributed by atoms with Crippen LogP contribution in [0.1, 0.15) is 11.1 Å². The van der Waals surface area contributed by atoms with Crippen molar-refractivity contribution in [3.05, 3.63) is 58.6 Å². The Morgan fingerprint density at radius 3 is 2.86 bits per heavy atom. The molecule has 0 spiro atoms. The maximum absolute atomic E-state index is 11.8. The minimum absolute atomic E-state index is 0.0106. The molecule has 0 atom stereocenters. The average Bonchev–Trinajstić information content (AvgIpc) is 2.43. The van der Waals surface area contributed by atoms with Crippen LogP contribution in [0.2, 0.25) is 5.02 Å². The number of carbonyl (C=O) groups excluding carboxylic acids is 1. The Hall–Kier alpha value is -1.65. The monoisotopic (exact) mass is 321 g/mol. The van der Waals surface area contributed by atoms with E-state index in [1.807, 2.05) is 25.1 Å². The van der Waals surface area contributed by atoms with Crippen LogP contribution in [0.4, 0.5) is 5.69 Å². The van der Waals surface area contributed by atoms with Crippen molar-refractivity contribution in [1.82, 2.24) is 0 Å². The van der Waals surface area contributed by atoms with Crippen molar-refractivity contribution in [1.29, 1.82) is 0 Å². The Morgan fingerprint density at radius 2 is 2.10 bits per heavy atom. The van der Waals surface area contributed by atoms with Crippen molar-refractivity contribution < 1.29 is 9.90 Å². The molecule has 0 saturated carbocycles. The first-order valence-corrected chi connectivity index (χ1v) is 7.99. The van der Waals surface area contributed by atoms with Crippen LogP contribution in [0.25, 0.3) is 0 Å². The number of halogens is 1. The predicted molar refractivity (Wildman–Crippen MR) is 89.1 cm³/mol. The van der Waals surface area contributed by atoms with Crippen molar-refractivity contribution in [3.63, 3.8) is 0 Å². The number of anilines is 1. The van der Waals surface area contributed by atoms with Gasteiger partial charge in [0.15, 0.2) is 0 Å². The van der Waals surface area contributed by atoms with E-state index in [1.165, 1.54) is 35.0 Å². The normalized spacial score (nSPS) is 10.4. The number of aromatic hydroxyl groups is 1. The number of hydrogen-bond donors (Lipinski definition) is 2. The molecule has 21 heavy (non-hydrogen) atoms. The van der Waals surface area contributed by atoms with Crippen molar-refractivity contribution in [2.45, 2.75) is 12.7 Å². The number of carbonyl (C=O) groups is 1. The number of thioether (sulfide) groups is 1. The van der Waals surface area contributed by atoms with Gasteiger partial charge in [0.05, 0.1) is 11.4 Å². The number of rotatable bonds is 5. The van der Waals surface area contributed by atoms with E-state index in [9.17, 15) is 9.90 Å². The third-order valence-corrected chi connectivity index (χ3v) is 4.06. The molecular formula is C16H16ClNO2S. The lowest BCUT2D eigenvalue weighted by Crippen LogP contribution is -2.14. The molecule has 0 fully saturated rings. The Bertz CT molecular complexity index is 646. The van der Waals surface area contributed by atoms with Crippen molar-refractivity contribution in [3.8, 4) is 5.75 Å². The smallest absolute Gasteiger partial charge is 0.234 e. The Balaban J connectivity index is 1.84. The molecule has 0 aliphatic rings. The largest absolute Gasteiger partial charge is 0.506 e. The molecule has 2 rings (SSSR count). The summed E-state index contributed by atoms with van der Waals surface area (Å²) in [7, 11) is 0. The van der Waals surface area contributed by atoms with Gasteiger partial charge >= 0.3 is 0 Å². The van der Waals surface area contributed by atoms with Gasteiger partial charge in [0.25, 0.3) is 0 Å². The molecule has 0 bridgehead atoms. The van der Waals surface area contributed by atoms with E-state index in [-0.39, 0.29) is 11.7 Å². The number of aryl methyl sites for hydroxylation is 1. The van der Waals surface area contributed by atoms with Gasteiger partial charge in [-0.15, -0.1) is 11.8 Å². The van der Waals surface area contributed by atoms with Crippen molar-refractivity contribution in [2.24, 2.45) is 0 Å². The SMILES string of the molecule is Cc1cccc(CSCC(=O)Nc2cc(Cl)ccc2O)c1. The first-order chi connectivity index (χ1) is 10.0. The molecule has 5 heteroatoms. The average molecular weight is 322 g/mol. The molecule has 0 radical (unpaired) electrons. The van der Waals surface area contributed by atoms with E-state index >= 15 is 0 Å². The maximum Gasteiger partial charge on any atom is 0.234 e. The molecule has 2 aromatic carbocycles. The number of benzene rings is 2. The van der Waals surface area contributed by atoms with Crippen LogP contribution in [0.5, 0.6) is 5.75 Å². The Morgan fingerprint density at radius 1 is 1.29 bits per heavy atom. The summed E-state index contributed by atoms with van der Waals surface area (Å²) in [6.45, 7) is 2.04. The van der Waals surface area contributed by atoms with E-state index < -0.39 is 0 Å². The zero-order valence-electron chi connectivity index (χ0n) is 11.6. The van der Waals surface area contributed by atoms with Crippen LogP contribution in [0.15, 0.2) is 42.5 Å². The predicted octanol–water partition coefficient (Wildman–Crippen LogP) is 4.23. The second-order valence-electron chi connectivity index (χ2n) is 4.69. The quantitative estimate of drug-likeness (QED) is 0.810. The molecular weight excluding hydrogens is 306 g/mol. The van der Waals surface area contributed by atoms with Crippen LogP contribution in [-0.4, -0.2) is 16.8 Å². The molecule has 2 N–H and O–H groups in total. The van der Waals surface area contributed by atoms with E-state index in [0.717, 1.165) is 5.75 Å². The van der Waals surface area contributed by atoms with Crippen LogP contribution < -0.4 is 5.32 Å². The lowest BCUT2D eigenvalue weighted by Gasteiger charge is -2.08. The Labute approximate surface area is 133 Å². The highest BCUT2D eigenvalue weighted by Gasteiger charge is 2.07. The van der Waals surface area contributed by atoms with Crippen molar-refractivity contribution >= 4 is 35.0 Å². The van der Waals surface area contributed by atoms with Gasteiger partial charge in [-0.2, -0.15) is 0 Å². The fourth-order valence-corrected chi connectivity index (χ4v) is 2.81. The molecule has 0 aliphatic carbocycles. The number of amides is 1. The summed E-state index contributed by atoms with van der Waals surface area (Å²) in [6.07, 6.45) is 0. The fourth-order valence-electron chi connectivity index (χ4n) is 1.86. The first-order valence-electron chi connectivity index (χ1n) is 6.46. The van der Waals surface area contributed by atoms with E-state index in [2.05, 4.69) is 11.4 Å². The van der Waals surface area contributed by atoms with Gasteiger partial charge in [-0.25, -0.2) is 0 Å². The van der Waals surface area contributed by atoms with Gasteiger partial charge in [0.1, 0.15) is 5.75 Å². The zero-order valence-corrected chi connectivity index (χ0v) is 13.2. The summed E-state index contributed by atoms with van der Waals surface area (Å²) in [5, 5.41) is 12.8. The highest BCUT2D eigenvalue weighted by atomic mass is 35.5. The number of phenolic OH excluding ortho intramolecular Hbond substituents is 1. The minimum atomic E-state index is -0.162. The summed E-state index contributed by atoms with van der Waals surface area (Å²) in [6, 6.07) is 12.8. The summed E-state index contributed by atoms with van der Waals surface area (Å²) >= 11 is 7.36. The van der Waals surface area contributed by atoms with Crippen LogP contribution in [0.3, 0.4) is 0 Å². The molecule has 0 unspecified atom stereocenters. The molecule has 1 amide bonds. The molecule has 0 aromatic heterocycles. The van der Waals surface area contributed by atoms with Gasteiger partial charge in [-0.1, -0.05) is 41.4 Å². The molecule has 0 aliphatic heterocycles. The molecule has 110 valence electrons. The van der Waals surface area contributed by atoms with Gasteiger partial charge < -0.3 is 10.4 Å². The van der Waals surface area contributed by atoms with Crippen LogP contribution in [-0.2, 0) is 10.5 Å². The fraction of sp³-hybridized carbons (Fsp3) is 0.188. The van der Waals surface area contributed by atoms with Gasteiger partial charge in [0, 0.05) is 10.8 Å². The third-order valence-electron chi connectivity index (χ3n) is 2.82. The van der Waals surface area contributed by atoms with Crippen LogP contribution in [0, 0.1) is 6.92 Å². The summed E-state index contributed by atoms with van der Waals surface area (Å²) in [5.41, 5.74) is 2.74. The number of hydrogen-bond acceptors (Lipinski definition) is 3. The zero-order chi connectivity index (χ0) is 15.2. The van der Waals surface area contributed by atoms with E-state index in [4.69, 9.17) is 11.6 Å². The third kappa shape index (κ3) is 4.99. The highest BCUT2D eigenvalue weighted by molar-refractivity contribution is 7.99. The minimum Gasteiger partial charge on any atom is -0.506 e. The lowest BCUT2D eigenvalue weighted by molar-refractivity contribution is -0.113. The van der Waals surface area contributed by atoms with E-state index in [1.54, 1.807) is 6.07 Å². The van der Waals surface area contributed by atoms with Gasteiger partial charge in [0.2, 0.25) is 5.91 Å². The van der Waals surface area contributed by atoms with Gasteiger partial charge in [-0.3, -0.25) is 4.79 Å². The van der Waals surface area contributed by atoms with Crippen molar-refractivity contribution in [2.75, 3.05) is 11.1 Å². The molecule has 0 saturated heterocycles. The molecule has 3 nitrogen and oxygen atoms in total. The van der Waals surface area contributed by atoms with Gasteiger partial charge in [-0.05, 0) is 30.7 Å². The first kappa shape index (κ1) is 15.7. The summed E-state index contributed by atoms with van der Waals surface area (Å²) in [5.74, 6) is 0.943. The molecule has 0 heterocycles. The van der Waals surface area contributed by atoms with Crippen LogP contribution >= 0.6 is 23.4 Å².